The van der Waals surface area contributed by atoms with Crippen LogP contribution in [0.15, 0.2) is 48.5 Å². The fourth-order valence-electron chi connectivity index (χ4n) is 3.85. The number of carbonyl (C=O) groups is 2. The number of carbonyl (C=O) groups excluding carboxylic acids is 2. The second-order valence-electron chi connectivity index (χ2n) is 7.09. The van der Waals surface area contributed by atoms with E-state index in [1.807, 2.05) is 48.5 Å². The summed E-state index contributed by atoms with van der Waals surface area (Å²) < 4.78 is 11.0. The summed E-state index contributed by atoms with van der Waals surface area (Å²) in [7, 11) is 0. The van der Waals surface area contributed by atoms with Crippen molar-refractivity contribution in [1.82, 2.24) is 10.6 Å². The Morgan fingerprint density at radius 3 is 1.61 bits per heavy atom. The standard InChI is InChI=1S/C22H24N2O4/c25-21(27-19-13-23-11-9-15-5-1-3-7-17(15)19)22(26)28-20-14-24-12-10-16-6-2-4-8-18(16)20/h1-8,19-20,23-24H,9-14H2. The lowest BCUT2D eigenvalue weighted by atomic mass is 10.0. The van der Waals surface area contributed by atoms with Gasteiger partial charge < -0.3 is 20.1 Å². The summed E-state index contributed by atoms with van der Waals surface area (Å²) in [6.45, 7) is 2.56. The fraction of sp³-hybridized carbons (Fsp3) is 0.364. The number of esters is 2. The van der Waals surface area contributed by atoms with Crippen LogP contribution in [-0.4, -0.2) is 38.1 Å². The Kier molecular flexibility index (Phi) is 5.69. The summed E-state index contributed by atoms with van der Waals surface area (Å²) in [6, 6.07) is 15.7. The van der Waals surface area contributed by atoms with Gasteiger partial charge in [0.05, 0.1) is 0 Å². The first-order valence-corrected chi connectivity index (χ1v) is 9.71. The Bertz CT molecular complexity index is 796. The van der Waals surface area contributed by atoms with Crippen molar-refractivity contribution in [3.8, 4) is 0 Å². The molecule has 2 aliphatic heterocycles. The number of benzene rings is 2. The van der Waals surface area contributed by atoms with Crippen LogP contribution in [0, 0.1) is 0 Å². The van der Waals surface area contributed by atoms with Gasteiger partial charge in [-0.15, -0.1) is 0 Å². The molecule has 2 unspecified atom stereocenters. The fourth-order valence-corrected chi connectivity index (χ4v) is 3.85. The minimum Gasteiger partial charge on any atom is -0.448 e. The van der Waals surface area contributed by atoms with Crippen molar-refractivity contribution in [2.75, 3.05) is 26.2 Å². The first-order chi connectivity index (χ1) is 13.7. The second kappa shape index (κ2) is 8.54. The van der Waals surface area contributed by atoms with Gasteiger partial charge in [0.1, 0.15) is 12.2 Å². The van der Waals surface area contributed by atoms with Gasteiger partial charge in [0, 0.05) is 13.1 Å². The van der Waals surface area contributed by atoms with E-state index in [0.29, 0.717) is 13.1 Å². The predicted molar refractivity (Wildman–Crippen MR) is 104 cm³/mol. The molecule has 6 nitrogen and oxygen atoms in total. The van der Waals surface area contributed by atoms with E-state index in [-0.39, 0.29) is 0 Å². The van der Waals surface area contributed by atoms with Crippen molar-refractivity contribution in [2.45, 2.75) is 25.0 Å². The van der Waals surface area contributed by atoms with Crippen molar-refractivity contribution in [3.63, 3.8) is 0 Å². The molecule has 0 aliphatic carbocycles. The van der Waals surface area contributed by atoms with Gasteiger partial charge in [0.2, 0.25) is 0 Å². The third kappa shape index (κ3) is 4.08. The first kappa shape index (κ1) is 18.7. The van der Waals surface area contributed by atoms with Gasteiger partial charge >= 0.3 is 11.9 Å². The number of hydrogen-bond donors (Lipinski definition) is 2. The maximum Gasteiger partial charge on any atom is 0.418 e. The van der Waals surface area contributed by atoms with E-state index < -0.39 is 24.1 Å². The smallest absolute Gasteiger partial charge is 0.418 e. The molecule has 0 spiro atoms. The average molecular weight is 380 g/mol. The number of nitrogens with one attached hydrogen (secondary N) is 2. The zero-order valence-corrected chi connectivity index (χ0v) is 15.6. The summed E-state index contributed by atoms with van der Waals surface area (Å²) >= 11 is 0. The van der Waals surface area contributed by atoms with Gasteiger partial charge in [0.25, 0.3) is 0 Å². The van der Waals surface area contributed by atoms with E-state index in [0.717, 1.165) is 48.2 Å². The molecule has 0 saturated heterocycles. The monoisotopic (exact) mass is 380 g/mol. The highest BCUT2D eigenvalue weighted by Gasteiger charge is 2.30. The molecule has 2 aromatic carbocycles. The minimum absolute atomic E-state index is 0.476. The van der Waals surface area contributed by atoms with Crippen molar-refractivity contribution >= 4 is 11.9 Å². The van der Waals surface area contributed by atoms with E-state index in [2.05, 4.69) is 10.6 Å². The van der Waals surface area contributed by atoms with E-state index in [1.165, 1.54) is 0 Å². The highest BCUT2D eigenvalue weighted by molar-refractivity contribution is 6.29. The van der Waals surface area contributed by atoms with Crippen LogP contribution in [0.1, 0.15) is 34.5 Å². The van der Waals surface area contributed by atoms with Crippen molar-refractivity contribution in [1.29, 1.82) is 0 Å². The van der Waals surface area contributed by atoms with Gasteiger partial charge in [-0.2, -0.15) is 0 Å². The summed E-state index contributed by atoms with van der Waals surface area (Å²) in [5.74, 6) is -1.91. The van der Waals surface area contributed by atoms with Crippen molar-refractivity contribution < 1.29 is 19.1 Å². The molecular formula is C22H24N2O4. The van der Waals surface area contributed by atoms with Gasteiger partial charge in [0.15, 0.2) is 0 Å². The third-order valence-corrected chi connectivity index (χ3v) is 5.27. The van der Waals surface area contributed by atoms with Crippen molar-refractivity contribution in [3.05, 3.63) is 70.8 Å². The Morgan fingerprint density at radius 2 is 1.14 bits per heavy atom. The minimum atomic E-state index is -0.953. The van der Waals surface area contributed by atoms with E-state index in [9.17, 15) is 9.59 Å². The van der Waals surface area contributed by atoms with Crippen LogP contribution >= 0.6 is 0 Å². The average Bonchev–Trinajstić information content (AvgIpc) is 3.05. The molecule has 146 valence electrons. The maximum atomic E-state index is 12.5. The summed E-state index contributed by atoms with van der Waals surface area (Å²) in [5.41, 5.74) is 4.13. The third-order valence-electron chi connectivity index (χ3n) is 5.27. The molecule has 2 aliphatic rings. The largest absolute Gasteiger partial charge is 0.448 e. The summed E-state index contributed by atoms with van der Waals surface area (Å²) in [5, 5.41) is 6.50. The molecule has 2 atom stereocenters. The molecule has 0 aromatic heterocycles. The van der Waals surface area contributed by atoms with Crippen LogP contribution in [0.25, 0.3) is 0 Å². The van der Waals surface area contributed by atoms with Crippen LogP contribution in [0.3, 0.4) is 0 Å². The number of hydrogen-bond acceptors (Lipinski definition) is 6. The van der Waals surface area contributed by atoms with Gasteiger partial charge in [-0.05, 0) is 48.2 Å². The molecule has 4 rings (SSSR count). The molecule has 2 aromatic rings. The van der Waals surface area contributed by atoms with Crippen molar-refractivity contribution in [2.24, 2.45) is 0 Å². The molecule has 0 bridgehead atoms. The summed E-state index contributed by atoms with van der Waals surface area (Å²) in [4.78, 5) is 24.9. The Hall–Kier alpha value is -2.70. The molecule has 2 N–H and O–H groups in total. The van der Waals surface area contributed by atoms with E-state index in [4.69, 9.17) is 9.47 Å². The predicted octanol–water partition coefficient (Wildman–Crippen LogP) is 1.85. The Labute approximate surface area is 164 Å². The molecule has 0 saturated carbocycles. The van der Waals surface area contributed by atoms with Crippen LogP contribution in [0.2, 0.25) is 0 Å². The molecular weight excluding hydrogens is 356 g/mol. The van der Waals surface area contributed by atoms with E-state index in [1.54, 1.807) is 0 Å². The van der Waals surface area contributed by atoms with Gasteiger partial charge in [-0.25, -0.2) is 9.59 Å². The highest BCUT2D eigenvalue weighted by atomic mass is 16.6. The SMILES string of the molecule is O=C(OC1CNCCc2ccccc21)C(=O)OC1CNCCc2ccccc21. The van der Waals surface area contributed by atoms with Gasteiger partial charge in [-0.3, -0.25) is 0 Å². The molecule has 28 heavy (non-hydrogen) atoms. The number of ether oxygens (including phenoxy) is 2. The summed E-state index contributed by atoms with van der Waals surface area (Å²) in [6.07, 6.45) is 0.717. The topological polar surface area (TPSA) is 76.7 Å². The molecule has 6 heteroatoms. The zero-order valence-electron chi connectivity index (χ0n) is 15.6. The lowest BCUT2D eigenvalue weighted by molar-refractivity contribution is -0.174. The Balaban J connectivity index is 1.45. The second-order valence-corrected chi connectivity index (χ2v) is 7.09. The molecule has 0 amide bonds. The Morgan fingerprint density at radius 1 is 0.714 bits per heavy atom. The maximum absolute atomic E-state index is 12.5. The molecule has 0 fully saturated rings. The van der Waals surface area contributed by atoms with Gasteiger partial charge in [-0.1, -0.05) is 48.5 Å². The van der Waals surface area contributed by atoms with E-state index >= 15 is 0 Å². The van der Waals surface area contributed by atoms with Crippen LogP contribution < -0.4 is 10.6 Å². The quantitative estimate of drug-likeness (QED) is 0.612. The normalized spacial score (nSPS) is 21.4. The van der Waals surface area contributed by atoms with Crippen LogP contribution in [0.4, 0.5) is 0 Å². The lowest BCUT2D eigenvalue weighted by Crippen LogP contribution is -2.30. The molecule has 2 heterocycles. The zero-order chi connectivity index (χ0) is 19.3. The first-order valence-electron chi connectivity index (χ1n) is 9.71. The number of rotatable bonds is 2. The van der Waals surface area contributed by atoms with Crippen LogP contribution in [-0.2, 0) is 31.9 Å². The molecule has 0 radical (unpaired) electrons. The van der Waals surface area contributed by atoms with Crippen LogP contribution in [0.5, 0.6) is 0 Å². The highest BCUT2D eigenvalue weighted by Crippen LogP contribution is 2.26. The number of fused-ring (bicyclic) bond motifs is 2. The lowest BCUT2D eigenvalue weighted by Gasteiger charge is -2.20.